The van der Waals surface area contributed by atoms with Crippen LogP contribution in [0.5, 0.6) is 0 Å². The predicted molar refractivity (Wildman–Crippen MR) is 95.5 cm³/mol. The first-order chi connectivity index (χ1) is 9.88. The van der Waals surface area contributed by atoms with Crippen molar-refractivity contribution < 1.29 is 4.79 Å². The summed E-state index contributed by atoms with van der Waals surface area (Å²) in [6.07, 6.45) is 4.32. The number of nitrogens with zero attached hydrogens (tertiary/aromatic N) is 1. The van der Waals surface area contributed by atoms with Gasteiger partial charge >= 0.3 is 0 Å². The van der Waals surface area contributed by atoms with Gasteiger partial charge in [0.25, 0.3) is 5.91 Å². The second-order valence-corrected chi connectivity index (χ2v) is 7.90. The molecule has 0 spiro atoms. The Labute approximate surface area is 140 Å². The summed E-state index contributed by atoms with van der Waals surface area (Å²) in [5.41, 5.74) is 4.88. The van der Waals surface area contributed by atoms with Gasteiger partial charge in [-0.3, -0.25) is 4.79 Å². The third-order valence-electron chi connectivity index (χ3n) is 4.22. The molecular formula is C17H23IN2O. The summed E-state index contributed by atoms with van der Waals surface area (Å²) in [5, 5.41) is 4.33. The molecule has 1 aliphatic rings. The average Bonchev–Trinajstić information content (AvgIpc) is 2.45. The number of carbonyl (C=O) groups excluding carboxylic acids is 1. The molecule has 1 aromatic carbocycles. The number of nitrogens with one attached hydrogen (secondary N) is 1. The van der Waals surface area contributed by atoms with Crippen molar-refractivity contribution in [3.8, 4) is 0 Å². The van der Waals surface area contributed by atoms with Gasteiger partial charge in [0.1, 0.15) is 0 Å². The molecule has 2 rings (SSSR count). The second kappa shape index (κ2) is 6.90. The topological polar surface area (TPSA) is 41.5 Å². The Balaban J connectivity index is 1.92. The van der Waals surface area contributed by atoms with Crippen LogP contribution in [0.15, 0.2) is 29.4 Å². The molecule has 1 saturated carbocycles. The number of hydrazone groups is 1. The molecule has 0 bridgehead atoms. The van der Waals surface area contributed by atoms with Gasteiger partial charge in [0.2, 0.25) is 0 Å². The van der Waals surface area contributed by atoms with Crippen molar-refractivity contribution in [2.75, 3.05) is 0 Å². The summed E-state index contributed by atoms with van der Waals surface area (Å²) in [6, 6.07) is 7.56. The van der Waals surface area contributed by atoms with E-state index in [2.05, 4.69) is 53.9 Å². The van der Waals surface area contributed by atoms with E-state index in [0.29, 0.717) is 11.0 Å². The molecule has 1 aliphatic carbocycles. The molecular weight excluding hydrogens is 375 g/mol. The van der Waals surface area contributed by atoms with Crippen molar-refractivity contribution >= 4 is 34.2 Å². The van der Waals surface area contributed by atoms with E-state index in [4.69, 9.17) is 0 Å². The molecule has 114 valence electrons. The molecule has 0 heterocycles. The Hall–Kier alpha value is -0.910. The molecule has 0 unspecified atom stereocenters. The van der Waals surface area contributed by atoms with Crippen LogP contribution in [-0.4, -0.2) is 11.6 Å². The molecule has 4 heteroatoms. The monoisotopic (exact) mass is 398 g/mol. The molecule has 21 heavy (non-hydrogen) atoms. The van der Waals surface area contributed by atoms with Crippen LogP contribution in [-0.2, 0) is 0 Å². The minimum Gasteiger partial charge on any atom is -0.267 e. The number of hydrogen-bond acceptors (Lipinski definition) is 2. The summed E-state index contributed by atoms with van der Waals surface area (Å²) < 4.78 is 0.948. The molecule has 3 nitrogen and oxygen atoms in total. The largest absolute Gasteiger partial charge is 0.272 e. The van der Waals surface area contributed by atoms with Gasteiger partial charge in [-0.2, -0.15) is 5.10 Å². The maximum atomic E-state index is 12.1. The van der Waals surface area contributed by atoms with E-state index >= 15 is 0 Å². The highest BCUT2D eigenvalue weighted by Crippen LogP contribution is 2.36. The summed E-state index contributed by atoms with van der Waals surface area (Å²) in [5.74, 6) is 0.632. The summed E-state index contributed by atoms with van der Waals surface area (Å²) in [4.78, 5) is 12.1. The Morgan fingerprint density at radius 1 is 1.24 bits per heavy atom. The minimum atomic E-state index is -0.120. The number of amides is 1. The van der Waals surface area contributed by atoms with Gasteiger partial charge in [0, 0.05) is 9.28 Å². The van der Waals surface area contributed by atoms with Crippen molar-refractivity contribution in [1.29, 1.82) is 0 Å². The van der Waals surface area contributed by atoms with Gasteiger partial charge in [-0.15, -0.1) is 0 Å². The molecule has 0 radical (unpaired) electrons. The van der Waals surface area contributed by atoms with E-state index in [1.165, 1.54) is 12.8 Å². The van der Waals surface area contributed by atoms with Gasteiger partial charge in [0.15, 0.2) is 0 Å². The number of hydrogen-bond donors (Lipinski definition) is 1. The fraction of sp³-hybridized carbons (Fsp3) is 0.529. The standard InChI is InChI=1S/C17H23IN2O/c1-17(2,3)12-8-10-13(11-9-12)19-20-16(21)14-6-4-5-7-15(14)18/h4-7,12H,8-11H2,1-3H3,(H,20,21). The number of rotatable bonds is 2. The van der Waals surface area contributed by atoms with Crippen molar-refractivity contribution in [3.63, 3.8) is 0 Å². The predicted octanol–water partition coefficient (Wildman–Crippen LogP) is 4.61. The number of carbonyl (C=O) groups is 1. The van der Waals surface area contributed by atoms with Gasteiger partial charge in [-0.05, 0) is 71.7 Å². The van der Waals surface area contributed by atoms with E-state index in [1.807, 2.05) is 24.3 Å². The molecule has 0 atom stereocenters. The molecule has 1 amide bonds. The minimum absolute atomic E-state index is 0.120. The normalized spacial score (nSPS) is 19.2. The van der Waals surface area contributed by atoms with E-state index in [9.17, 15) is 4.79 Å². The first-order valence-corrected chi connectivity index (χ1v) is 8.56. The lowest BCUT2D eigenvalue weighted by molar-refractivity contribution is 0.0953. The Morgan fingerprint density at radius 2 is 1.86 bits per heavy atom. The van der Waals surface area contributed by atoms with Gasteiger partial charge in [-0.1, -0.05) is 32.9 Å². The lowest BCUT2D eigenvalue weighted by Crippen LogP contribution is -2.27. The summed E-state index contributed by atoms with van der Waals surface area (Å²) >= 11 is 2.17. The quantitative estimate of drug-likeness (QED) is 0.574. The molecule has 0 aliphatic heterocycles. The SMILES string of the molecule is CC(C)(C)C1CCC(=NNC(=O)c2ccccc2I)CC1. The highest BCUT2D eigenvalue weighted by atomic mass is 127. The van der Waals surface area contributed by atoms with Gasteiger partial charge < -0.3 is 0 Å². The Bertz CT molecular complexity index is 536. The van der Waals surface area contributed by atoms with E-state index < -0.39 is 0 Å². The zero-order valence-electron chi connectivity index (χ0n) is 12.9. The number of benzene rings is 1. The maximum Gasteiger partial charge on any atom is 0.272 e. The highest BCUT2D eigenvalue weighted by Gasteiger charge is 2.28. The highest BCUT2D eigenvalue weighted by molar-refractivity contribution is 14.1. The van der Waals surface area contributed by atoms with Crippen LogP contribution in [0.2, 0.25) is 0 Å². The third-order valence-corrected chi connectivity index (χ3v) is 5.16. The second-order valence-electron chi connectivity index (χ2n) is 6.74. The maximum absolute atomic E-state index is 12.1. The smallest absolute Gasteiger partial charge is 0.267 e. The Kier molecular flexibility index (Phi) is 5.41. The van der Waals surface area contributed by atoms with Crippen LogP contribution in [0.4, 0.5) is 0 Å². The first-order valence-electron chi connectivity index (χ1n) is 7.48. The average molecular weight is 398 g/mol. The first kappa shape index (κ1) is 16.5. The van der Waals surface area contributed by atoms with Crippen molar-refractivity contribution in [1.82, 2.24) is 5.43 Å². The summed E-state index contributed by atoms with van der Waals surface area (Å²) in [6.45, 7) is 6.91. The lowest BCUT2D eigenvalue weighted by atomic mass is 9.72. The van der Waals surface area contributed by atoms with Gasteiger partial charge in [-0.25, -0.2) is 5.43 Å². The van der Waals surface area contributed by atoms with Gasteiger partial charge in [0.05, 0.1) is 5.56 Å². The van der Waals surface area contributed by atoms with Crippen LogP contribution in [0, 0.1) is 14.9 Å². The Morgan fingerprint density at radius 3 is 2.43 bits per heavy atom. The van der Waals surface area contributed by atoms with Crippen molar-refractivity contribution in [2.45, 2.75) is 46.5 Å². The van der Waals surface area contributed by atoms with Crippen LogP contribution in [0.3, 0.4) is 0 Å². The van der Waals surface area contributed by atoms with E-state index in [1.54, 1.807) is 0 Å². The van der Waals surface area contributed by atoms with Crippen LogP contribution in [0.25, 0.3) is 0 Å². The molecule has 1 N–H and O–H groups in total. The number of halogens is 1. The zero-order valence-corrected chi connectivity index (χ0v) is 15.1. The molecule has 0 saturated heterocycles. The fourth-order valence-electron chi connectivity index (χ4n) is 2.76. The van der Waals surface area contributed by atoms with Crippen molar-refractivity contribution in [3.05, 3.63) is 33.4 Å². The van der Waals surface area contributed by atoms with E-state index in [0.717, 1.165) is 28.0 Å². The zero-order chi connectivity index (χ0) is 15.5. The van der Waals surface area contributed by atoms with Crippen LogP contribution < -0.4 is 5.43 Å². The summed E-state index contributed by atoms with van der Waals surface area (Å²) in [7, 11) is 0. The van der Waals surface area contributed by atoms with Crippen LogP contribution >= 0.6 is 22.6 Å². The molecule has 1 fully saturated rings. The van der Waals surface area contributed by atoms with Crippen molar-refractivity contribution in [2.24, 2.45) is 16.4 Å². The van der Waals surface area contributed by atoms with E-state index in [-0.39, 0.29) is 5.91 Å². The van der Waals surface area contributed by atoms with Crippen LogP contribution in [0.1, 0.15) is 56.8 Å². The molecule has 1 aromatic rings. The third kappa shape index (κ3) is 4.53. The molecule has 0 aromatic heterocycles. The fourth-order valence-corrected chi connectivity index (χ4v) is 3.40. The lowest BCUT2D eigenvalue weighted by Gasteiger charge is -2.34.